The van der Waals surface area contributed by atoms with Gasteiger partial charge in [0.25, 0.3) is 0 Å². The molecule has 0 fully saturated rings. The second kappa shape index (κ2) is 8.32. The van der Waals surface area contributed by atoms with E-state index in [-0.39, 0.29) is 17.1 Å². The van der Waals surface area contributed by atoms with Crippen LogP contribution in [-0.2, 0) is 4.74 Å². The van der Waals surface area contributed by atoms with Gasteiger partial charge in [-0.25, -0.2) is 4.79 Å². The summed E-state index contributed by atoms with van der Waals surface area (Å²) in [5, 5.41) is 9.87. The highest BCUT2D eigenvalue weighted by Crippen LogP contribution is 2.48. The van der Waals surface area contributed by atoms with Gasteiger partial charge in [0.15, 0.2) is 5.43 Å². The van der Waals surface area contributed by atoms with E-state index in [4.69, 9.17) is 21.1 Å². The number of rotatable bonds is 6. The molecule has 8 heteroatoms. The highest BCUT2D eigenvalue weighted by molar-refractivity contribution is 6.32. The van der Waals surface area contributed by atoms with Gasteiger partial charge in [-0.05, 0) is 6.07 Å². The van der Waals surface area contributed by atoms with E-state index in [1.807, 2.05) is 17.7 Å². The molecule has 1 atom stereocenters. The number of carboxylic acids is 1. The number of pyridine rings is 1. The molecule has 1 aromatic carbocycles. The molecule has 0 bridgehead atoms. The van der Waals surface area contributed by atoms with Crippen LogP contribution in [0, 0.1) is 5.41 Å². The van der Waals surface area contributed by atoms with Crippen LogP contribution in [0.5, 0.6) is 5.75 Å². The molecule has 1 unspecified atom stereocenters. The number of carboxylic acid groups (broad SMARTS) is 1. The topological polar surface area (TPSA) is 81.0 Å². The normalized spacial score (nSPS) is 15.5. The number of aromatic carboxylic acids is 1. The van der Waals surface area contributed by atoms with Gasteiger partial charge < -0.3 is 24.0 Å². The number of anilines is 1. The molecule has 0 spiro atoms. The molecule has 1 aliphatic rings. The third kappa shape index (κ3) is 4.04. The second-order valence-corrected chi connectivity index (χ2v) is 8.90. The maximum absolute atomic E-state index is 12.5. The standard InChI is InChI=1S/C22H27ClN2O5/c1-22(2,3)21-24(4)16-11-19(30-8-6-7-29-5)15(23)9-13(16)17-10-18(26)14(20(27)28)12-25(17)21/h9-12,21H,6-8H2,1-5H3,(H,27,28). The van der Waals surface area contributed by atoms with E-state index in [0.29, 0.717) is 29.7 Å². The fourth-order valence-corrected chi connectivity index (χ4v) is 4.20. The lowest BCUT2D eigenvalue weighted by Crippen LogP contribution is -2.42. The van der Waals surface area contributed by atoms with E-state index < -0.39 is 11.4 Å². The maximum Gasteiger partial charge on any atom is 0.341 e. The van der Waals surface area contributed by atoms with Crippen molar-refractivity contribution in [1.29, 1.82) is 0 Å². The minimum Gasteiger partial charge on any atom is -0.492 e. The van der Waals surface area contributed by atoms with Crippen molar-refractivity contribution in [3.05, 3.63) is 45.2 Å². The number of fused-ring (bicyclic) bond motifs is 3. The lowest BCUT2D eigenvalue weighted by Gasteiger charge is -2.46. The first kappa shape index (κ1) is 22.2. The molecule has 0 amide bonds. The average Bonchev–Trinajstić information content (AvgIpc) is 2.65. The zero-order chi connectivity index (χ0) is 22.2. The number of nitrogens with zero attached hydrogens (tertiary/aromatic N) is 2. The van der Waals surface area contributed by atoms with E-state index in [2.05, 4.69) is 25.7 Å². The van der Waals surface area contributed by atoms with E-state index in [9.17, 15) is 14.7 Å². The van der Waals surface area contributed by atoms with Crippen LogP contribution >= 0.6 is 11.6 Å². The average molecular weight is 435 g/mol. The summed E-state index contributed by atoms with van der Waals surface area (Å²) in [7, 11) is 3.58. The molecule has 0 radical (unpaired) electrons. The summed E-state index contributed by atoms with van der Waals surface area (Å²) in [6.07, 6.45) is 1.94. The lowest BCUT2D eigenvalue weighted by molar-refractivity contribution is 0.0693. The summed E-state index contributed by atoms with van der Waals surface area (Å²) in [6.45, 7) is 7.27. The molecule has 162 valence electrons. The second-order valence-electron chi connectivity index (χ2n) is 8.49. The summed E-state index contributed by atoms with van der Waals surface area (Å²) in [6, 6.07) is 5.02. The van der Waals surface area contributed by atoms with Crippen LogP contribution in [0.15, 0.2) is 29.2 Å². The van der Waals surface area contributed by atoms with Crippen LogP contribution in [0.4, 0.5) is 5.69 Å². The van der Waals surface area contributed by atoms with Gasteiger partial charge in [0.2, 0.25) is 0 Å². The van der Waals surface area contributed by atoms with Gasteiger partial charge in [-0.1, -0.05) is 32.4 Å². The van der Waals surface area contributed by atoms with Crippen LogP contribution in [-0.4, -0.2) is 43.0 Å². The van der Waals surface area contributed by atoms with Crippen LogP contribution in [0.2, 0.25) is 5.02 Å². The predicted octanol–water partition coefficient (Wildman–Crippen LogP) is 4.28. The summed E-state index contributed by atoms with van der Waals surface area (Å²) in [5.41, 5.74) is 1.20. The van der Waals surface area contributed by atoms with Gasteiger partial charge in [-0.3, -0.25) is 4.79 Å². The minimum absolute atomic E-state index is 0.221. The predicted molar refractivity (Wildman–Crippen MR) is 117 cm³/mol. The van der Waals surface area contributed by atoms with Crippen LogP contribution in [0.1, 0.15) is 43.7 Å². The molecular formula is C22H27ClN2O5. The molecule has 2 aromatic rings. The highest BCUT2D eigenvalue weighted by Gasteiger charge is 2.37. The largest absolute Gasteiger partial charge is 0.492 e. The Labute approximate surface area is 180 Å². The first-order chi connectivity index (χ1) is 14.1. The fraction of sp³-hybridized carbons (Fsp3) is 0.455. The Bertz CT molecular complexity index is 1030. The van der Waals surface area contributed by atoms with Gasteiger partial charge in [-0.2, -0.15) is 0 Å². The van der Waals surface area contributed by atoms with Crippen molar-refractivity contribution >= 4 is 23.3 Å². The van der Waals surface area contributed by atoms with E-state index >= 15 is 0 Å². The van der Waals surface area contributed by atoms with E-state index in [1.54, 1.807) is 13.2 Å². The quantitative estimate of drug-likeness (QED) is 0.683. The minimum atomic E-state index is -1.24. The summed E-state index contributed by atoms with van der Waals surface area (Å²) in [5.74, 6) is -0.682. The Morgan fingerprint density at radius 2 is 1.93 bits per heavy atom. The van der Waals surface area contributed by atoms with Crippen molar-refractivity contribution in [3.8, 4) is 17.0 Å². The Balaban J connectivity index is 2.18. The molecule has 3 rings (SSSR count). The molecule has 2 heterocycles. The third-order valence-electron chi connectivity index (χ3n) is 5.17. The zero-order valence-corrected chi connectivity index (χ0v) is 18.6. The zero-order valence-electron chi connectivity index (χ0n) is 17.9. The summed E-state index contributed by atoms with van der Waals surface area (Å²) >= 11 is 6.48. The number of carbonyl (C=O) groups is 1. The molecule has 0 saturated heterocycles. The van der Waals surface area contributed by atoms with Crippen LogP contribution in [0.3, 0.4) is 0 Å². The first-order valence-corrected chi connectivity index (χ1v) is 10.1. The fourth-order valence-electron chi connectivity index (χ4n) is 3.98. The summed E-state index contributed by atoms with van der Waals surface area (Å²) < 4.78 is 12.8. The van der Waals surface area contributed by atoms with Gasteiger partial charge in [-0.15, -0.1) is 0 Å². The highest BCUT2D eigenvalue weighted by atomic mass is 35.5. The SMILES string of the molecule is COCCCOc1cc2c(cc1Cl)-c1cc(=O)c(C(=O)O)cn1C(C(C)(C)C)N2C. The van der Waals surface area contributed by atoms with Crippen molar-refractivity contribution in [1.82, 2.24) is 4.57 Å². The van der Waals surface area contributed by atoms with Crippen molar-refractivity contribution in [2.75, 3.05) is 32.3 Å². The van der Waals surface area contributed by atoms with E-state index in [0.717, 1.165) is 17.7 Å². The number of benzene rings is 1. The van der Waals surface area contributed by atoms with Gasteiger partial charge >= 0.3 is 5.97 Å². The van der Waals surface area contributed by atoms with Crippen molar-refractivity contribution in [2.45, 2.75) is 33.4 Å². The van der Waals surface area contributed by atoms with Crippen molar-refractivity contribution in [3.63, 3.8) is 0 Å². The summed E-state index contributed by atoms with van der Waals surface area (Å²) in [4.78, 5) is 26.1. The Morgan fingerprint density at radius 3 is 2.53 bits per heavy atom. The number of hydrogen-bond donors (Lipinski definition) is 1. The van der Waals surface area contributed by atoms with E-state index in [1.165, 1.54) is 12.3 Å². The number of halogens is 1. The van der Waals surface area contributed by atoms with Gasteiger partial charge in [0.05, 0.1) is 23.0 Å². The monoisotopic (exact) mass is 434 g/mol. The van der Waals surface area contributed by atoms with Crippen LogP contribution < -0.4 is 15.1 Å². The number of ether oxygens (including phenoxy) is 2. The van der Waals surface area contributed by atoms with Gasteiger partial charge in [0.1, 0.15) is 17.5 Å². The third-order valence-corrected chi connectivity index (χ3v) is 5.47. The number of aromatic nitrogens is 1. The molecule has 7 nitrogen and oxygen atoms in total. The Kier molecular flexibility index (Phi) is 6.15. The molecule has 1 aromatic heterocycles. The number of methoxy groups -OCH3 is 1. The number of hydrogen-bond acceptors (Lipinski definition) is 5. The smallest absolute Gasteiger partial charge is 0.341 e. The van der Waals surface area contributed by atoms with Gasteiger partial charge in [0, 0.05) is 56.5 Å². The lowest BCUT2D eigenvalue weighted by atomic mass is 9.87. The molecule has 30 heavy (non-hydrogen) atoms. The molecule has 0 saturated carbocycles. The molecule has 1 aliphatic heterocycles. The maximum atomic E-state index is 12.5. The molecule has 0 aliphatic carbocycles. The first-order valence-electron chi connectivity index (χ1n) is 9.74. The van der Waals surface area contributed by atoms with Crippen LogP contribution in [0.25, 0.3) is 11.3 Å². The Morgan fingerprint density at radius 1 is 1.23 bits per heavy atom. The molecule has 1 N–H and O–H groups in total. The molecular weight excluding hydrogens is 408 g/mol. The van der Waals surface area contributed by atoms with Crippen molar-refractivity contribution in [2.24, 2.45) is 5.41 Å². The Hall–Kier alpha value is -2.51. The van der Waals surface area contributed by atoms with Crippen molar-refractivity contribution < 1.29 is 19.4 Å².